The molecule has 6 heteroatoms. The Balaban J connectivity index is 1.36. The Morgan fingerprint density at radius 2 is 2.08 bits per heavy atom. The first-order chi connectivity index (χ1) is 11.6. The van der Waals surface area contributed by atoms with Gasteiger partial charge in [-0.15, -0.1) is 0 Å². The largest absolute Gasteiger partial charge is 0.463 e. The maximum absolute atomic E-state index is 12.2. The van der Waals surface area contributed by atoms with Crippen LogP contribution in [0.15, 0.2) is 0 Å². The van der Waals surface area contributed by atoms with Gasteiger partial charge in [-0.2, -0.15) is 0 Å². The number of carbonyl (C=O) groups excluding carboxylic acids is 1. The molecule has 24 heavy (non-hydrogen) atoms. The van der Waals surface area contributed by atoms with Crippen LogP contribution in [0.5, 0.6) is 0 Å². The molecule has 0 aromatic rings. The minimum absolute atomic E-state index is 0.153. The van der Waals surface area contributed by atoms with E-state index in [4.69, 9.17) is 18.9 Å². The first-order valence-corrected chi connectivity index (χ1v) is 9.34. The van der Waals surface area contributed by atoms with E-state index >= 15 is 0 Å². The molecule has 0 amide bonds. The number of epoxide rings is 1. The number of ether oxygens (including phenoxy) is 4. The van der Waals surface area contributed by atoms with E-state index in [1.54, 1.807) is 6.92 Å². The molecule has 6 nitrogen and oxygen atoms in total. The Bertz CT molecular complexity index is 426. The van der Waals surface area contributed by atoms with Crippen LogP contribution in [0.1, 0.15) is 52.4 Å². The number of aliphatic hydroxyl groups is 1. The summed E-state index contributed by atoms with van der Waals surface area (Å²) in [6.07, 6.45) is 5.33. The van der Waals surface area contributed by atoms with E-state index in [1.807, 2.05) is 6.92 Å². The second-order valence-electron chi connectivity index (χ2n) is 7.41. The molecule has 2 saturated heterocycles. The van der Waals surface area contributed by atoms with E-state index in [2.05, 4.69) is 0 Å². The molecule has 1 aliphatic carbocycles. The van der Waals surface area contributed by atoms with Crippen LogP contribution in [0, 0.1) is 11.8 Å². The lowest BCUT2D eigenvalue weighted by atomic mass is 9.89. The summed E-state index contributed by atoms with van der Waals surface area (Å²) in [6.45, 7) is 4.43. The van der Waals surface area contributed by atoms with Crippen molar-refractivity contribution >= 4 is 5.97 Å². The van der Waals surface area contributed by atoms with Gasteiger partial charge in [0.1, 0.15) is 12.7 Å². The molecule has 7 atom stereocenters. The molecule has 2 heterocycles. The number of rotatable bonds is 8. The van der Waals surface area contributed by atoms with Crippen molar-refractivity contribution in [3.05, 3.63) is 0 Å². The van der Waals surface area contributed by atoms with Gasteiger partial charge in [-0.05, 0) is 45.4 Å². The second-order valence-corrected chi connectivity index (χ2v) is 7.41. The molecule has 0 aromatic heterocycles. The highest BCUT2D eigenvalue weighted by molar-refractivity contribution is 5.72. The van der Waals surface area contributed by atoms with Gasteiger partial charge in [-0.3, -0.25) is 4.79 Å². The molecule has 3 aliphatic rings. The Labute approximate surface area is 143 Å². The number of fused-ring (bicyclic) bond motifs is 1. The number of hydrogen-bond acceptors (Lipinski definition) is 6. The molecule has 0 spiro atoms. The van der Waals surface area contributed by atoms with Crippen molar-refractivity contribution in [2.24, 2.45) is 11.8 Å². The fourth-order valence-corrected chi connectivity index (χ4v) is 3.71. The molecule has 7 unspecified atom stereocenters. The molecule has 0 bridgehead atoms. The lowest BCUT2D eigenvalue weighted by Gasteiger charge is -2.24. The molecule has 2 aliphatic heterocycles. The average Bonchev–Trinajstić information content (AvgIpc) is 3.19. The summed E-state index contributed by atoms with van der Waals surface area (Å²) in [5.74, 6) is 0.0426. The van der Waals surface area contributed by atoms with Gasteiger partial charge in [0.15, 0.2) is 6.29 Å². The van der Waals surface area contributed by atoms with E-state index in [-0.39, 0.29) is 37.0 Å². The highest BCUT2D eigenvalue weighted by atomic mass is 16.7. The highest BCUT2D eigenvalue weighted by Gasteiger charge is 2.47. The van der Waals surface area contributed by atoms with Crippen LogP contribution in [0.2, 0.25) is 0 Å². The lowest BCUT2D eigenvalue weighted by molar-refractivity contribution is -0.155. The summed E-state index contributed by atoms with van der Waals surface area (Å²) >= 11 is 0. The fourth-order valence-electron chi connectivity index (χ4n) is 3.71. The SMILES string of the molecule is CCC(CCC(C)O)C(=O)OCC1COC(C2CCC3OC3C2)O1. The Hall–Kier alpha value is -0.690. The molecule has 3 rings (SSSR count). The highest BCUT2D eigenvalue weighted by Crippen LogP contribution is 2.42. The molecule has 1 saturated carbocycles. The minimum Gasteiger partial charge on any atom is -0.463 e. The Morgan fingerprint density at radius 3 is 2.79 bits per heavy atom. The lowest BCUT2D eigenvalue weighted by Crippen LogP contribution is -2.29. The van der Waals surface area contributed by atoms with Crippen LogP contribution >= 0.6 is 0 Å². The summed E-state index contributed by atoms with van der Waals surface area (Å²) in [7, 11) is 0. The quantitative estimate of drug-likeness (QED) is 0.537. The number of hydrogen-bond donors (Lipinski definition) is 1. The van der Waals surface area contributed by atoms with Crippen LogP contribution in [0.25, 0.3) is 0 Å². The summed E-state index contributed by atoms with van der Waals surface area (Å²) < 4.78 is 22.7. The zero-order valence-corrected chi connectivity index (χ0v) is 14.7. The first-order valence-electron chi connectivity index (χ1n) is 9.34. The maximum Gasteiger partial charge on any atom is 0.309 e. The number of aliphatic hydroxyl groups excluding tert-OH is 1. The number of carbonyl (C=O) groups is 1. The van der Waals surface area contributed by atoms with Gasteiger partial charge in [-0.25, -0.2) is 0 Å². The smallest absolute Gasteiger partial charge is 0.309 e. The third-order valence-electron chi connectivity index (χ3n) is 5.37. The summed E-state index contributed by atoms with van der Waals surface area (Å²) in [5, 5.41) is 9.36. The molecule has 0 radical (unpaired) electrons. The maximum atomic E-state index is 12.2. The van der Waals surface area contributed by atoms with Gasteiger partial charge >= 0.3 is 5.97 Å². The van der Waals surface area contributed by atoms with Crippen LogP contribution in [-0.4, -0.2) is 55.0 Å². The van der Waals surface area contributed by atoms with Gasteiger partial charge in [0.25, 0.3) is 0 Å². The van der Waals surface area contributed by atoms with E-state index in [0.29, 0.717) is 37.6 Å². The first kappa shape index (κ1) is 18.1. The van der Waals surface area contributed by atoms with E-state index in [0.717, 1.165) is 25.7 Å². The zero-order valence-electron chi connectivity index (χ0n) is 14.7. The third kappa shape index (κ3) is 4.69. The summed E-state index contributed by atoms with van der Waals surface area (Å²) in [5.41, 5.74) is 0. The van der Waals surface area contributed by atoms with E-state index in [1.165, 1.54) is 0 Å². The average molecular weight is 342 g/mol. The molecular formula is C18H30O6. The van der Waals surface area contributed by atoms with Gasteiger partial charge in [-0.1, -0.05) is 6.92 Å². The van der Waals surface area contributed by atoms with Crippen molar-refractivity contribution in [1.29, 1.82) is 0 Å². The van der Waals surface area contributed by atoms with Crippen LogP contribution < -0.4 is 0 Å². The fraction of sp³-hybridized carbons (Fsp3) is 0.944. The second kappa shape index (κ2) is 8.13. The van der Waals surface area contributed by atoms with E-state index < -0.39 is 0 Å². The van der Waals surface area contributed by atoms with Crippen molar-refractivity contribution in [2.45, 2.75) is 83.1 Å². The van der Waals surface area contributed by atoms with Crippen molar-refractivity contribution in [2.75, 3.05) is 13.2 Å². The predicted octanol–water partition coefficient (Wildman–Crippen LogP) is 2.03. The topological polar surface area (TPSA) is 77.5 Å². The van der Waals surface area contributed by atoms with Gasteiger partial charge in [0, 0.05) is 5.92 Å². The Morgan fingerprint density at radius 1 is 1.25 bits per heavy atom. The molecule has 0 aromatic carbocycles. The Kier molecular flexibility index (Phi) is 6.13. The van der Waals surface area contributed by atoms with Crippen molar-refractivity contribution in [3.8, 4) is 0 Å². The van der Waals surface area contributed by atoms with E-state index in [9.17, 15) is 9.90 Å². The van der Waals surface area contributed by atoms with Gasteiger partial charge in [0.05, 0.1) is 30.8 Å². The third-order valence-corrected chi connectivity index (χ3v) is 5.37. The van der Waals surface area contributed by atoms with Gasteiger partial charge in [0.2, 0.25) is 0 Å². The van der Waals surface area contributed by atoms with Crippen molar-refractivity contribution < 1.29 is 28.8 Å². The van der Waals surface area contributed by atoms with Crippen molar-refractivity contribution in [1.82, 2.24) is 0 Å². The molecule has 3 fully saturated rings. The standard InChI is InChI=1S/C18H30O6/c1-3-12(5-4-11(2)19)17(20)21-9-14-10-22-18(23-14)13-6-7-15-16(8-13)24-15/h11-16,18-19H,3-10H2,1-2H3. The molecular weight excluding hydrogens is 312 g/mol. The molecule has 138 valence electrons. The minimum atomic E-state index is -0.385. The van der Waals surface area contributed by atoms with Crippen molar-refractivity contribution in [3.63, 3.8) is 0 Å². The predicted molar refractivity (Wildman–Crippen MR) is 86.3 cm³/mol. The normalized spacial score (nSPS) is 37.5. The number of esters is 1. The monoisotopic (exact) mass is 342 g/mol. The molecule has 1 N–H and O–H groups in total. The summed E-state index contributed by atoms with van der Waals surface area (Å²) in [4.78, 5) is 12.2. The van der Waals surface area contributed by atoms with Crippen LogP contribution in [0.4, 0.5) is 0 Å². The summed E-state index contributed by atoms with van der Waals surface area (Å²) in [6, 6.07) is 0. The van der Waals surface area contributed by atoms with Gasteiger partial charge < -0.3 is 24.1 Å². The zero-order chi connectivity index (χ0) is 17.1. The van der Waals surface area contributed by atoms with Crippen LogP contribution in [0.3, 0.4) is 0 Å². The van der Waals surface area contributed by atoms with Crippen LogP contribution in [-0.2, 0) is 23.7 Å².